The van der Waals surface area contributed by atoms with Crippen molar-refractivity contribution in [2.75, 3.05) is 5.01 Å². The minimum Gasteiger partial charge on any atom is -0.584 e. The number of hydrogen-bond donors (Lipinski definition) is 0. The smallest absolute Gasteiger partial charge is 0.257 e. The molecule has 0 saturated carbocycles. The zero-order chi connectivity index (χ0) is 15.5. The molecule has 3 rings (SSSR count). The molecule has 6 nitrogen and oxygen atoms in total. The average molecular weight is 300 g/mol. The molecule has 1 aliphatic heterocycles. The zero-order valence-electron chi connectivity index (χ0n) is 12.8. The molecule has 22 heavy (non-hydrogen) atoms. The van der Waals surface area contributed by atoms with Gasteiger partial charge in [0.1, 0.15) is 5.88 Å². The second kappa shape index (κ2) is 6.17. The third-order valence-electron chi connectivity index (χ3n) is 4.06. The quantitative estimate of drug-likeness (QED) is 0.818. The molecular formula is C16H20N4O2. The average Bonchev–Trinajstić information content (AvgIpc) is 2.96. The van der Waals surface area contributed by atoms with E-state index in [-0.39, 0.29) is 11.8 Å². The molecule has 2 unspecified atom stereocenters. The number of benzene rings is 1. The third-order valence-corrected chi connectivity index (χ3v) is 4.06. The molecule has 1 fully saturated rings. The summed E-state index contributed by atoms with van der Waals surface area (Å²) in [7, 11) is 0. The standard InChI is InChI=1S/C16H20N4O2/c1-12-7-6-8-13(2)20(12)19-11-15(22-18-19)17-16(21)14-9-4-3-5-10-14/h3-5,9-13H,6-8H2,1-2H3. The number of aromatic nitrogens is 2. The van der Waals surface area contributed by atoms with E-state index in [1.54, 1.807) is 35.3 Å². The van der Waals surface area contributed by atoms with Gasteiger partial charge in [-0.05, 0) is 38.7 Å². The summed E-state index contributed by atoms with van der Waals surface area (Å²) in [5.74, 6) is -0.109. The van der Waals surface area contributed by atoms with Crippen molar-refractivity contribution in [2.45, 2.75) is 45.2 Å². The lowest BCUT2D eigenvalue weighted by atomic mass is 10.00. The van der Waals surface area contributed by atoms with E-state index in [0.29, 0.717) is 17.6 Å². The van der Waals surface area contributed by atoms with E-state index in [0.717, 1.165) is 12.8 Å². The summed E-state index contributed by atoms with van der Waals surface area (Å²) in [6.07, 6.45) is 5.14. The second-order valence-corrected chi connectivity index (χ2v) is 5.75. The van der Waals surface area contributed by atoms with Gasteiger partial charge in [-0.25, -0.2) is 0 Å². The Hall–Kier alpha value is -2.37. The molecule has 0 spiro atoms. The molecule has 1 aromatic carbocycles. The molecule has 1 aromatic heterocycles. The Bertz CT molecular complexity index is 631. The number of piperidine rings is 1. The molecule has 6 heteroatoms. The largest absolute Gasteiger partial charge is 0.584 e. The van der Waals surface area contributed by atoms with Gasteiger partial charge in [0.05, 0.1) is 22.8 Å². The van der Waals surface area contributed by atoms with E-state index in [1.807, 2.05) is 6.07 Å². The van der Waals surface area contributed by atoms with Gasteiger partial charge in [-0.1, -0.05) is 30.3 Å². The highest BCUT2D eigenvalue weighted by Crippen LogP contribution is 2.21. The Kier molecular flexibility index (Phi) is 4.09. The number of amides is 1. The highest BCUT2D eigenvalue weighted by Gasteiger charge is 2.33. The van der Waals surface area contributed by atoms with Crippen molar-refractivity contribution >= 4 is 11.8 Å². The predicted octanol–water partition coefficient (Wildman–Crippen LogP) is 2.71. The van der Waals surface area contributed by atoms with Gasteiger partial charge in [0, 0.05) is 0 Å². The van der Waals surface area contributed by atoms with Crippen LogP contribution in [-0.4, -0.2) is 23.3 Å². The van der Waals surface area contributed by atoms with E-state index in [2.05, 4.69) is 29.4 Å². The monoisotopic (exact) mass is 300 g/mol. The summed E-state index contributed by atoms with van der Waals surface area (Å²) >= 11 is 0. The molecule has 1 saturated heterocycles. The van der Waals surface area contributed by atoms with Crippen LogP contribution in [0.3, 0.4) is 0 Å². The van der Waals surface area contributed by atoms with Crippen molar-refractivity contribution in [2.24, 2.45) is 0 Å². The van der Waals surface area contributed by atoms with Crippen molar-refractivity contribution in [1.29, 1.82) is 0 Å². The molecule has 0 aliphatic carbocycles. The van der Waals surface area contributed by atoms with E-state index < -0.39 is 0 Å². The normalized spacial score (nSPS) is 21.6. The van der Waals surface area contributed by atoms with Gasteiger partial charge < -0.3 is 14.6 Å². The van der Waals surface area contributed by atoms with E-state index in [1.165, 1.54) is 6.42 Å². The topological polar surface area (TPSA) is 64.3 Å². The van der Waals surface area contributed by atoms with Crippen molar-refractivity contribution in [3.8, 4) is 0 Å². The lowest BCUT2D eigenvalue weighted by Crippen LogP contribution is -2.67. The fourth-order valence-corrected chi connectivity index (χ4v) is 2.94. The van der Waals surface area contributed by atoms with Crippen LogP contribution in [0.4, 0.5) is 5.88 Å². The number of nitrogens with zero attached hydrogens (tertiary/aromatic N) is 4. The third kappa shape index (κ3) is 2.95. The molecule has 1 aliphatic rings. The minimum absolute atomic E-state index is 0.221. The molecule has 0 radical (unpaired) electrons. The first-order valence-corrected chi connectivity index (χ1v) is 7.63. The van der Waals surface area contributed by atoms with E-state index in [4.69, 9.17) is 4.52 Å². The van der Waals surface area contributed by atoms with Crippen LogP contribution in [0.1, 0.15) is 43.5 Å². The lowest BCUT2D eigenvalue weighted by molar-refractivity contribution is -0.765. The first kappa shape index (κ1) is 14.6. The Labute approximate surface area is 129 Å². The van der Waals surface area contributed by atoms with Crippen molar-refractivity contribution in [3.05, 3.63) is 47.4 Å². The minimum atomic E-state index is -0.330. The van der Waals surface area contributed by atoms with E-state index in [9.17, 15) is 4.79 Å². The molecule has 2 heterocycles. The highest BCUT2D eigenvalue weighted by atomic mass is 16.5. The van der Waals surface area contributed by atoms with Crippen molar-refractivity contribution in [1.82, 2.24) is 5.27 Å². The van der Waals surface area contributed by atoms with Crippen LogP contribution in [0.5, 0.6) is 0 Å². The Morgan fingerprint density at radius 2 is 1.95 bits per heavy atom. The predicted molar refractivity (Wildman–Crippen MR) is 81.5 cm³/mol. The van der Waals surface area contributed by atoms with Gasteiger partial charge >= 0.3 is 0 Å². The SMILES string of the molecule is CC1CCCC(C)N1[n+]1cc([N-]C(=O)c2ccccc2)on1. The summed E-state index contributed by atoms with van der Waals surface area (Å²) in [5, 5.41) is 10.2. The fourth-order valence-electron chi connectivity index (χ4n) is 2.94. The van der Waals surface area contributed by atoms with E-state index >= 15 is 0 Å². The van der Waals surface area contributed by atoms with Gasteiger partial charge in [-0.2, -0.15) is 0 Å². The fraction of sp³-hybridized carbons (Fsp3) is 0.438. The second-order valence-electron chi connectivity index (χ2n) is 5.75. The van der Waals surface area contributed by atoms with Gasteiger partial charge in [0.2, 0.25) is 5.27 Å². The molecule has 0 N–H and O–H groups in total. The molecular weight excluding hydrogens is 280 g/mol. The summed E-state index contributed by atoms with van der Waals surface area (Å²) < 4.78 is 5.19. The van der Waals surface area contributed by atoms with Crippen LogP contribution < -0.4 is 9.80 Å². The van der Waals surface area contributed by atoms with Crippen LogP contribution in [0.25, 0.3) is 5.32 Å². The Morgan fingerprint density at radius 1 is 1.27 bits per heavy atom. The molecule has 2 aromatic rings. The molecule has 1 amide bonds. The van der Waals surface area contributed by atoms with Gasteiger partial charge in [0.15, 0.2) is 0 Å². The van der Waals surface area contributed by atoms with Crippen LogP contribution in [-0.2, 0) is 0 Å². The summed E-state index contributed by atoms with van der Waals surface area (Å²) in [6.45, 7) is 4.34. The van der Waals surface area contributed by atoms with Crippen LogP contribution >= 0.6 is 0 Å². The zero-order valence-corrected chi connectivity index (χ0v) is 12.8. The maximum atomic E-state index is 12.1. The summed E-state index contributed by atoms with van der Waals surface area (Å²) in [5.41, 5.74) is 0.533. The number of carbonyl (C=O) groups excluding carboxylic acids is 1. The van der Waals surface area contributed by atoms with Gasteiger partial charge in [-0.15, -0.1) is 5.01 Å². The van der Waals surface area contributed by atoms with Crippen LogP contribution in [0, 0.1) is 0 Å². The summed E-state index contributed by atoms with van der Waals surface area (Å²) in [4.78, 5) is 13.7. The maximum absolute atomic E-state index is 12.1. The molecule has 0 bridgehead atoms. The lowest BCUT2D eigenvalue weighted by Gasteiger charge is -2.31. The molecule has 2 atom stereocenters. The number of carbonyl (C=O) groups is 1. The van der Waals surface area contributed by atoms with Gasteiger partial charge in [0.25, 0.3) is 6.20 Å². The number of hydrogen-bond acceptors (Lipinski definition) is 4. The first-order chi connectivity index (χ1) is 10.6. The van der Waals surface area contributed by atoms with Crippen molar-refractivity contribution in [3.63, 3.8) is 0 Å². The van der Waals surface area contributed by atoms with Crippen LogP contribution in [0.15, 0.2) is 41.1 Å². The van der Waals surface area contributed by atoms with Gasteiger partial charge in [-0.3, -0.25) is 0 Å². The number of rotatable bonds is 3. The maximum Gasteiger partial charge on any atom is 0.257 e. The highest BCUT2D eigenvalue weighted by molar-refractivity contribution is 6.07. The summed E-state index contributed by atoms with van der Waals surface area (Å²) in [6, 6.07) is 9.70. The first-order valence-electron chi connectivity index (χ1n) is 7.63. The van der Waals surface area contributed by atoms with Crippen molar-refractivity contribution < 1.29 is 14.1 Å². The van der Waals surface area contributed by atoms with Crippen LogP contribution in [0.2, 0.25) is 0 Å². The molecule has 116 valence electrons. The Morgan fingerprint density at radius 3 is 2.64 bits per heavy atom. The Balaban J connectivity index is 1.72.